The van der Waals surface area contributed by atoms with Gasteiger partial charge in [-0.25, -0.2) is 0 Å². The van der Waals surface area contributed by atoms with E-state index in [4.69, 9.17) is 9.47 Å². The standard InChI is InChI=1S/C21H28N6O2/c1-4-28-20-15-17(16-22-13-8-14-26(2)3)11-12-19(20)29-21-23-24-25-27(21)18-9-6-5-7-10-18/h5-7,9-12,15,22H,4,8,13-14,16H2,1-3H3. The van der Waals surface area contributed by atoms with Crippen LogP contribution in [0.4, 0.5) is 0 Å². The van der Waals surface area contributed by atoms with E-state index in [1.165, 1.54) is 0 Å². The lowest BCUT2D eigenvalue weighted by molar-refractivity contribution is 0.315. The molecule has 1 aromatic heterocycles. The fourth-order valence-electron chi connectivity index (χ4n) is 2.84. The van der Waals surface area contributed by atoms with Crippen molar-refractivity contribution in [3.63, 3.8) is 0 Å². The van der Waals surface area contributed by atoms with Crippen LogP contribution in [0.2, 0.25) is 0 Å². The van der Waals surface area contributed by atoms with E-state index < -0.39 is 0 Å². The lowest BCUT2D eigenvalue weighted by atomic mass is 10.2. The minimum absolute atomic E-state index is 0.284. The Hall–Kier alpha value is -2.97. The van der Waals surface area contributed by atoms with Gasteiger partial charge in [0.25, 0.3) is 0 Å². The molecule has 0 saturated heterocycles. The normalized spacial score (nSPS) is 11.0. The van der Waals surface area contributed by atoms with Crippen LogP contribution < -0.4 is 14.8 Å². The second-order valence-corrected chi connectivity index (χ2v) is 6.86. The Kier molecular flexibility index (Phi) is 7.54. The van der Waals surface area contributed by atoms with Crippen molar-refractivity contribution >= 4 is 0 Å². The van der Waals surface area contributed by atoms with E-state index in [1.54, 1.807) is 4.68 Å². The zero-order valence-electron chi connectivity index (χ0n) is 17.2. The molecule has 3 aromatic rings. The number of nitrogens with zero attached hydrogens (tertiary/aromatic N) is 5. The molecule has 3 rings (SSSR count). The summed E-state index contributed by atoms with van der Waals surface area (Å²) in [6, 6.07) is 15.8. The molecule has 154 valence electrons. The summed E-state index contributed by atoms with van der Waals surface area (Å²) in [6.07, 6.45) is 1.11. The molecule has 0 radical (unpaired) electrons. The van der Waals surface area contributed by atoms with Crippen LogP contribution in [0, 0.1) is 0 Å². The third-order valence-electron chi connectivity index (χ3n) is 4.24. The summed E-state index contributed by atoms with van der Waals surface area (Å²) in [5.41, 5.74) is 1.96. The van der Waals surface area contributed by atoms with Gasteiger partial charge in [0.2, 0.25) is 0 Å². The van der Waals surface area contributed by atoms with Crippen molar-refractivity contribution < 1.29 is 9.47 Å². The van der Waals surface area contributed by atoms with Crippen LogP contribution in [-0.2, 0) is 6.54 Å². The summed E-state index contributed by atoms with van der Waals surface area (Å²) in [7, 11) is 4.17. The second-order valence-electron chi connectivity index (χ2n) is 6.86. The van der Waals surface area contributed by atoms with Crippen LogP contribution in [0.15, 0.2) is 48.5 Å². The van der Waals surface area contributed by atoms with E-state index in [2.05, 4.69) is 39.8 Å². The lowest BCUT2D eigenvalue weighted by Crippen LogP contribution is -2.21. The minimum Gasteiger partial charge on any atom is -0.490 e. The molecule has 0 spiro atoms. The third-order valence-corrected chi connectivity index (χ3v) is 4.24. The fourth-order valence-corrected chi connectivity index (χ4v) is 2.84. The Balaban J connectivity index is 1.69. The molecule has 0 aliphatic rings. The van der Waals surface area contributed by atoms with E-state index in [-0.39, 0.29) is 6.01 Å². The first-order valence-electron chi connectivity index (χ1n) is 9.80. The Labute approximate surface area is 171 Å². The molecule has 0 unspecified atom stereocenters. The van der Waals surface area contributed by atoms with Crippen LogP contribution in [0.25, 0.3) is 5.69 Å². The number of aromatic nitrogens is 4. The monoisotopic (exact) mass is 396 g/mol. The summed E-state index contributed by atoms with van der Waals surface area (Å²) in [4.78, 5) is 2.18. The zero-order chi connectivity index (χ0) is 20.5. The van der Waals surface area contributed by atoms with Gasteiger partial charge in [-0.15, -0.1) is 0 Å². The van der Waals surface area contributed by atoms with Crippen LogP contribution in [0.3, 0.4) is 0 Å². The highest BCUT2D eigenvalue weighted by molar-refractivity contribution is 5.44. The SMILES string of the molecule is CCOc1cc(CNCCCN(C)C)ccc1Oc1nnnn1-c1ccccc1. The van der Waals surface area contributed by atoms with Crippen LogP contribution >= 0.6 is 0 Å². The highest BCUT2D eigenvalue weighted by Crippen LogP contribution is 2.32. The van der Waals surface area contributed by atoms with Crippen LogP contribution in [-0.4, -0.2) is 58.9 Å². The quantitative estimate of drug-likeness (QED) is 0.499. The zero-order valence-corrected chi connectivity index (χ0v) is 17.2. The Morgan fingerprint density at radius 1 is 1.07 bits per heavy atom. The fraction of sp³-hybridized carbons (Fsp3) is 0.381. The molecule has 8 nitrogen and oxygen atoms in total. The van der Waals surface area contributed by atoms with Gasteiger partial charge >= 0.3 is 6.01 Å². The van der Waals surface area contributed by atoms with Crippen molar-refractivity contribution in [2.45, 2.75) is 19.9 Å². The molecular formula is C21H28N6O2. The molecule has 0 atom stereocenters. The molecule has 0 saturated carbocycles. The van der Waals surface area contributed by atoms with Gasteiger partial charge in [-0.05, 0) is 80.8 Å². The first kappa shape index (κ1) is 20.8. The average Bonchev–Trinajstić information content (AvgIpc) is 3.18. The molecule has 0 amide bonds. The number of nitrogens with one attached hydrogen (secondary N) is 1. The number of para-hydroxylation sites is 1. The third kappa shape index (κ3) is 6.00. The highest BCUT2D eigenvalue weighted by atomic mass is 16.5. The molecule has 1 heterocycles. The second kappa shape index (κ2) is 10.5. The molecule has 1 N–H and O–H groups in total. The smallest absolute Gasteiger partial charge is 0.346 e. The number of hydrogen-bond donors (Lipinski definition) is 1. The van der Waals surface area contributed by atoms with Crippen molar-refractivity contribution in [2.75, 3.05) is 33.8 Å². The molecule has 8 heteroatoms. The van der Waals surface area contributed by atoms with Crippen molar-refractivity contribution in [2.24, 2.45) is 0 Å². The first-order valence-corrected chi connectivity index (χ1v) is 9.80. The van der Waals surface area contributed by atoms with Gasteiger partial charge in [-0.2, -0.15) is 4.68 Å². The largest absolute Gasteiger partial charge is 0.490 e. The molecule has 0 fully saturated rings. The molecule has 0 bridgehead atoms. The van der Waals surface area contributed by atoms with Gasteiger partial charge in [0.1, 0.15) is 0 Å². The van der Waals surface area contributed by atoms with E-state index in [9.17, 15) is 0 Å². The van der Waals surface area contributed by atoms with Crippen LogP contribution in [0.5, 0.6) is 17.5 Å². The van der Waals surface area contributed by atoms with Crippen molar-refractivity contribution in [3.05, 3.63) is 54.1 Å². The number of rotatable bonds is 11. The summed E-state index contributed by atoms with van der Waals surface area (Å²) >= 11 is 0. The molecule has 2 aromatic carbocycles. The van der Waals surface area contributed by atoms with Crippen molar-refractivity contribution in [1.29, 1.82) is 0 Å². The van der Waals surface area contributed by atoms with E-state index in [0.29, 0.717) is 18.1 Å². The predicted octanol–water partition coefficient (Wildman–Crippen LogP) is 2.89. The maximum atomic E-state index is 5.99. The number of benzene rings is 2. The summed E-state index contributed by atoms with van der Waals surface area (Å²) < 4.78 is 13.3. The summed E-state index contributed by atoms with van der Waals surface area (Å²) in [6.45, 7) is 5.30. The summed E-state index contributed by atoms with van der Waals surface area (Å²) in [5, 5.41) is 15.2. The van der Waals surface area contributed by atoms with E-state index in [1.807, 2.05) is 55.5 Å². The van der Waals surface area contributed by atoms with Gasteiger partial charge in [0.15, 0.2) is 11.5 Å². The maximum absolute atomic E-state index is 5.99. The number of tetrazole rings is 1. The van der Waals surface area contributed by atoms with Crippen molar-refractivity contribution in [1.82, 2.24) is 30.4 Å². The van der Waals surface area contributed by atoms with Gasteiger partial charge in [0, 0.05) is 6.54 Å². The van der Waals surface area contributed by atoms with Gasteiger partial charge < -0.3 is 19.7 Å². The van der Waals surface area contributed by atoms with Gasteiger partial charge in [-0.3, -0.25) is 0 Å². The molecule has 0 aliphatic carbocycles. The molecule has 0 aliphatic heterocycles. The summed E-state index contributed by atoms with van der Waals surface area (Å²) in [5.74, 6) is 1.25. The minimum atomic E-state index is 0.284. The average molecular weight is 396 g/mol. The first-order chi connectivity index (χ1) is 14.2. The maximum Gasteiger partial charge on any atom is 0.346 e. The van der Waals surface area contributed by atoms with Crippen molar-refractivity contribution in [3.8, 4) is 23.2 Å². The highest BCUT2D eigenvalue weighted by Gasteiger charge is 2.14. The Morgan fingerprint density at radius 2 is 1.90 bits per heavy atom. The Morgan fingerprint density at radius 3 is 2.66 bits per heavy atom. The Bertz CT molecular complexity index is 882. The van der Waals surface area contributed by atoms with Gasteiger partial charge in [-0.1, -0.05) is 29.4 Å². The van der Waals surface area contributed by atoms with E-state index in [0.717, 1.165) is 37.3 Å². The van der Waals surface area contributed by atoms with Gasteiger partial charge in [0.05, 0.1) is 12.3 Å². The number of hydrogen-bond acceptors (Lipinski definition) is 7. The lowest BCUT2D eigenvalue weighted by Gasteiger charge is -2.13. The topological polar surface area (TPSA) is 77.3 Å². The molecular weight excluding hydrogens is 368 g/mol. The van der Waals surface area contributed by atoms with Crippen LogP contribution in [0.1, 0.15) is 18.9 Å². The predicted molar refractivity (Wildman–Crippen MR) is 112 cm³/mol. The van der Waals surface area contributed by atoms with E-state index >= 15 is 0 Å². The number of ether oxygens (including phenoxy) is 2. The molecule has 29 heavy (non-hydrogen) atoms.